The molecule has 22 heavy (non-hydrogen) atoms. The summed E-state index contributed by atoms with van der Waals surface area (Å²) in [5.74, 6) is 2.23. The molecule has 1 fully saturated rings. The summed E-state index contributed by atoms with van der Waals surface area (Å²) in [6.07, 6.45) is 0.626. The highest BCUT2D eigenvalue weighted by molar-refractivity contribution is 7.90. The molecule has 1 atom stereocenters. The van der Waals surface area contributed by atoms with Crippen LogP contribution in [0, 0.1) is 0 Å². The fourth-order valence-electron chi connectivity index (χ4n) is 2.54. The van der Waals surface area contributed by atoms with Crippen LogP contribution in [-0.4, -0.2) is 43.8 Å². The Hall–Kier alpha value is -1.21. The molecule has 2 heterocycles. The zero-order chi connectivity index (χ0) is 16.5. The van der Waals surface area contributed by atoms with Gasteiger partial charge >= 0.3 is 0 Å². The van der Waals surface area contributed by atoms with Gasteiger partial charge in [0.05, 0.1) is 5.25 Å². The molecular weight excluding hydrogens is 300 g/mol. The first-order chi connectivity index (χ1) is 10.2. The molecule has 0 radical (unpaired) electrons. The van der Waals surface area contributed by atoms with Crippen LogP contribution in [-0.2, 0) is 10.0 Å². The Morgan fingerprint density at radius 3 is 2.45 bits per heavy atom. The molecule has 6 nitrogen and oxygen atoms in total. The maximum absolute atomic E-state index is 12.0. The SMILES string of the molecule is CNS(=O)(=O)[C@H]1CCN(c2cc(C(C)C)nc(C(C)C)n2)C1. The Balaban J connectivity index is 2.30. The lowest BCUT2D eigenvalue weighted by molar-refractivity contribution is 0.575. The van der Waals surface area contributed by atoms with Crippen LogP contribution >= 0.6 is 0 Å². The zero-order valence-electron chi connectivity index (χ0n) is 14.0. The van der Waals surface area contributed by atoms with E-state index in [1.165, 1.54) is 7.05 Å². The number of anilines is 1. The molecular formula is C15H26N4O2S. The lowest BCUT2D eigenvalue weighted by Gasteiger charge is -2.20. The van der Waals surface area contributed by atoms with Crippen molar-refractivity contribution < 1.29 is 8.42 Å². The van der Waals surface area contributed by atoms with Crippen LogP contribution in [0.15, 0.2) is 6.07 Å². The minimum atomic E-state index is -3.23. The summed E-state index contributed by atoms with van der Waals surface area (Å²) in [5.41, 5.74) is 1.01. The number of hydrogen-bond donors (Lipinski definition) is 1. The number of nitrogens with zero attached hydrogens (tertiary/aromatic N) is 3. The van der Waals surface area contributed by atoms with E-state index in [-0.39, 0.29) is 11.2 Å². The minimum Gasteiger partial charge on any atom is -0.355 e. The first-order valence-corrected chi connectivity index (χ1v) is 9.35. The van der Waals surface area contributed by atoms with Gasteiger partial charge in [0.1, 0.15) is 11.6 Å². The average Bonchev–Trinajstić information content (AvgIpc) is 2.97. The standard InChI is InChI=1S/C15H26N4O2S/c1-10(2)13-8-14(18-15(17-13)11(3)4)19-7-6-12(9-19)22(20,21)16-5/h8,10-12,16H,6-7,9H2,1-5H3/t12-/m0/s1. The summed E-state index contributed by atoms with van der Waals surface area (Å²) >= 11 is 0. The van der Waals surface area contributed by atoms with Crippen LogP contribution in [0.25, 0.3) is 0 Å². The van der Waals surface area contributed by atoms with Gasteiger partial charge in [-0.2, -0.15) is 0 Å². The van der Waals surface area contributed by atoms with E-state index in [0.717, 1.165) is 17.3 Å². The third-order valence-electron chi connectivity index (χ3n) is 4.05. The van der Waals surface area contributed by atoms with Gasteiger partial charge in [-0.05, 0) is 19.4 Å². The maximum atomic E-state index is 12.0. The molecule has 1 N–H and O–H groups in total. The largest absolute Gasteiger partial charge is 0.355 e. The normalized spacial score (nSPS) is 19.4. The molecule has 0 aliphatic carbocycles. The summed E-state index contributed by atoms with van der Waals surface area (Å²) in [7, 11) is -1.76. The van der Waals surface area contributed by atoms with Crippen molar-refractivity contribution in [1.29, 1.82) is 0 Å². The fourth-order valence-corrected chi connectivity index (χ4v) is 3.67. The Labute approximate surface area is 133 Å². The number of rotatable bonds is 5. The van der Waals surface area contributed by atoms with Crippen LogP contribution in [0.5, 0.6) is 0 Å². The van der Waals surface area contributed by atoms with Gasteiger partial charge in [0, 0.05) is 30.8 Å². The van der Waals surface area contributed by atoms with E-state index in [9.17, 15) is 8.42 Å². The number of aromatic nitrogens is 2. The Bertz CT molecular complexity index is 602. The summed E-state index contributed by atoms with van der Waals surface area (Å²) in [6, 6.07) is 1.99. The predicted molar refractivity (Wildman–Crippen MR) is 88.8 cm³/mol. The van der Waals surface area contributed by atoms with E-state index in [4.69, 9.17) is 0 Å². The molecule has 7 heteroatoms. The minimum absolute atomic E-state index is 0.247. The third kappa shape index (κ3) is 3.57. The average molecular weight is 326 g/mol. The molecule has 0 amide bonds. The van der Waals surface area contributed by atoms with Gasteiger partial charge in [-0.1, -0.05) is 27.7 Å². The fraction of sp³-hybridized carbons (Fsp3) is 0.733. The van der Waals surface area contributed by atoms with Gasteiger partial charge in [-0.15, -0.1) is 0 Å². The lowest BCUT2D eigenvalue weighted by Crippen LogP contribution is -2.34. The van der Waals surface area contributed by atoms with Gasteiger partial charge in [-0.3, -0.25) is 0 Å². The summed E-state index contributed by atoms with van der Waals surface area (Å²) in [5, 5.41) is -0.377. The Kier molecular flexibility index (Phi) is 5.07. The Morgan fingerprint density at radius 1 is 1.23 bits per heavy atom. The van der Waals surface area contributed by atoms with E-state index in [1.54, 1.807) is 0 Å². The van der Waals surface area contributed by atoms with Crippen molar-refractivity contribution >= 4 is 15.8 Å². The second-order valence-electron chi connectivity index (χ2n) is 6.42. The smallest absolute Gasteiger partial charge is 0.216 e. The van der Waals surface area contributed by atoms with Crippen LogP contribution in [0.2, 0.25) is 0 Å². The van der Waals surface area contributed by atoms with Gasteiger partial charge in [0.25, 0.3) is 0 Å². The highest BCUT2D eigenvalue weighted by Gasteiger charge is 2.33. The predicted octanol–water partition coefficient (Wildman–Crippen LogP) is 1.85. The molecule has 1 saturated heterocycles. The van der Waals surface area contributed by atoms with Crippen molar-refractivity contribution in [3.05, 3.63) is 17.6 Å². The molecule has 2 rings (SSSR count). The number of sulfonamides is 1. The molecule has 0 unspecified atom stereocenters. The molecule has 1 aromatic rings. The first kappa shape index (κ1) is 17.1. The van der Waals surface area contributed by atoms with E-state index in [2.05, 4.69) is 47.3 Å². The van der Waals surface area contributed by atoms with Crippen molar-refractivity contribution in [2.45, 2.75) is 51.2 Å². The van der Waals surface area contributed by atoms with E-state index >= 15 is 0 Å². The zero-order valence-corrected chi connectivity index (χ0v) is 14.8. The summed E-state index contributed by atoms with van der Waals surface area (Å²) < 4.78 is 26.3. The van der Waals surface area contributed by atoms with E-state index in [1.807, 2.05) is 6.07 Å². The summed E-state index contributed by atoms with van der Waals surface area (Å²) in [4.78, 5) is 11.3. The highest BCUT2D eigenvalue weighted by atomic mass is 32.2. The van der Waals surface area contributed by atoms with Crippen LogP contribution < -0.4 is 9.62 Å². The monoisotopic (exact) mass is 326 g/mol. The lowest BCUT2D eigenvalue weighted by atomic mass is 10.1. The van der Waals surface area contributed by atoms with Crippen molar-refractivity contribution in [3.63, 3.8) is 0 Å². The molecule has 0 bridgehead atoms. The number of nitrogens with one attached hydrogen (secondary N) is 1. The molecule has 1 aliphatic rings. The van der Waals surface area contributed by atoms with E-state index < -0.39 is 10.0 Å². The highest BCUT2D eigenvalue weighted by Crippen LogP contribution is 2.26. The topological polar surface area (TPSA) is 75.2 Å². The van der Waals surface area contributed by atoms with Crippen molar-refractivity contribution in [2.75, 3.05) is 25.0 Å². The van der Waals surface area contributed by atoms with Gasteiger partial charge in [0.2, 0.25) is 10.0 Å². The van der Waals surface area contributed by atoms with Gasteiger partial charge in [0.15, 0.2) is 0 Å². The maximum Gasteiger partial charge on any atom is 0.216 e. The molecule has 0 aromatic carbocycles. The molecule has 124 valence electrons. The van der Waals surface area contributed by atoms with Gasteiger partial charge in [-0.25, -0.2) is 23.1 Å². The van der Waals surface area contributed by atoms with Gasteiger partial charge < -0.3 is 4.90 Å². The molecule has 0 saturated carbocycles. The van der Waals surface area contributed by atoms with Crippen LogP contribution in [0.1, 0.15) is 57.5 Å². The van der Waals surface area contributed by atoms with Crippen LogP contribution in [0.3, 0.4) is 0 Å². The second kappa shape index (κ2) is 6.50. The van der Waals surface area contributed by atoms with E-state index in [0.29, 0.717) is 25.4 Å². The summed E-state index contributed by atoms with van der Waals surface area (Å²) in [6.45, 7) is 9.54. The first-order valence-electron chi connectivity index (χ1n) is 7.80. The van der Waals surface area contributed by atoms with Crippen molar-refractivity contribution in [2.24, 2.45) is 0 Å². The Morgan fingerprint density at radius 2 is 1.91 bits per heavy atom. The third-order valence-corrected chi connectivity index (χ3v) is 5.88. The molecule has 1 aromatic heterocycles. The quantitative estimate of drug-likeness (QED) is 0.894. The second-order valence-corrected chi connectivity index (χ2v) is 8.59. The molecule has 1 aliphatic heterocycles. The van der Waals surface area contributed by atoms with Crippen molar-refractivity contribution in [3.8, 4) is 0 Å². The number of hydrogen-bond acceptors (Lipinski definition) is 5. The molecule has 0 spiro atoms. The van der Waals surface area contributed by atoms with Crippen LogP contribution in [0.4, 0.5) is 5.82 Å². The van der Waals surface area contributed by atoms with Crippen molar-refractivity contribution in [1.82, 2.24) is 14.7 Å².